The maximum atomic E-state index is 11.9. The van der Waals surface area contributed by atoms with E-state index in [9.17, 15) is 33.9 Å². The lowest BCUT2D eigenvalue weighted by Gasteiger charge is -2.35. The Balaban J connectivity index is 5.69. The molecule has 14 nitrogen and oxygen atoms in total. The van der Waals surface area contributed by atoms with Crippen molar-refractivity contribution in [1.82, 2.24) is 16.0 Å². The van der Waals surface area contributed by atoms with Crippen LogP contribution in [0.3, 0.4) is 0 Å². The van der Waals surface area contributed by atoms with Crippen LogP contribution >= 0.6 is 0 Å². The van der Waals surface area contributed by atoms with Gasteiger partial charge >= 0.3 is 23.9 Å². The zero-order chi connectivity index (χ0) is 26.1. The van der Waals surface area contributed by atoms with Crippen molar-refractivity contribution in [3.8, 4) is 0 Å². The molecule has 14 heteroatoms. The number of carboxylic acid groups (broad SMARTS) is 4. The highest BCUT2D eigenvalue weighted by molar-refractivity contribution is 5.94. The van der Waals surface area contributed by atoms with Crippen molar-refractivity contribution in [2.24, 2.45) is 5.41 Å². The van der Waals surface area contributed by atoms with E-state index in [-0.39, 0.29) is 38.9 Å². The molecule has 34 heavy (non-hydrogen) atoms. The molecule has 0 saturated carbocycles. The second-order valence-electron chi connectivity index (χ2n) is 7.05. The maximum absolute atomic E-state index is 11.9. The summed E-state index contributed by atoms with van der Waals surface area (Å²) in [6.45, 7) is -0.606. The molecule has 0 aromatic heterocycles. The van der Waals surface area contributed by atoms with Crippen LogP contribution in [0.4, 0.5) is 0 Å². The van der Waals surface area contributed by atoms with Gasteiger partial charge in [-0.15, -0.1) is 0 Å². The fourth-order valence-corrected chi connectivity index (χ4v) is 2.59. The van der Waals surface area contributed by atoms with Gasteiger partial charge in [-0.3, -0.25) is 19.7 Å². The predicted molar refractivity (Wildman–Crippen MR) is 114 cm³/mol. The molecule has 0 aliphatic rings. The van der Waals surface area contributed by atoms with Gasteiger partial charge in [-0.05, 0) is 18.9 Å². The zero-order valence-electron chi connectivity index (χ0n) is 18.0. The summed E-state index contributed by atoms with van der Waals surface area (Å²) in [4.78, 5) is 66.6. The van der Waals surface area contributed by atoms with Crippen molar-refractivity contribution in [3.05, 3.63) is 36.5 Å². The minimum atomic E-state index is -1.44. The first-order valence-corrected chi connectivity index (χ1v) is 9.77. The third-order valence-corrected chi connectivity index (χ3v) is 4.23. The van der Waals surface area contributed by atoms with Gasteiger partial charge in [-0.2, -0.15) is 0 Å². The van der Waals surface area contributed by atoms with Crippen molar-refractivity contribution in [3.63, 3.8) is 0 Å². The summed E-state index contributed by atoms with van der Waals surface area (Å²) in [5.74, 6) is -6.75. The molecule has 0 rings (SSSR count). The summed E-state index contributed by atoms with van der Waals surface area (Å²) in [5.41, 5.74) is -1.15. The largest absolute Gasteiger partial charge is 0.481 e. The van der Waals surface area contributed by atoms with Gasteiger partial charge in [0.2, 0.25) is 11.8 Å². The quantitative estimate of drug-likeness (QED) is 0.0848. The molecule has 0 spiro atoms. The molecular weight excluding hydrogens is 458 g/mol. The van der Waals surface area contributed by atoms with E-state index in [1.54, 1.807) is 0 Å². The number of rotatable bonds is 17. The Morgan fingerprint density at radius 1 is 0.706 bits per heavy atom. The molecule has 0 aliphatic carbocycles. The van der Waals surface area contributed by atoms with E-state index in [1.165, 1.54) is 0 Å². The average molecular weight is 485 g/mol. The Hall–Kier alpha value is -4.04. The lowest BCUT2D eigenvalue weighted by atomic mass is 9.81. The number of hydrogen-bond acceptors (Lipinski definition) is 8. The number of aliphatic hydroxyl groups excluding tert-OH is 1. The second kappa shape index (κ2) is 15.7. The van der Waals surface area contributed by atoms with Crippen molar-refractivity contribution in [1.29, 1.82) is 0 Å². The van der Waals surface area contributed by atoms with Crippen LogP contribution < -0.4 is 16.0 Å². The van der Waals surface area contributed by atoms with Gasteiger partial charge in [0.25, 0.3) is 0 Å². The van der Waals surface area contributed by atoms with E-state index < -0.39 is 47.3 Å². The molecule has 2 amide bonds. The summed E-state index contributed by atoms with van der Waals surface area (Å²) in [6.07, 6.45) is 2.74. The van der Waals surface area contributed by atoms with E-state index >= 15 is 0 Å². The van der Waals surface area contributed by atoms with Gasteiger partial charge in [0, 0.05) is 61.9 Å². The molecule has 188 valence electrons. The van der Waals surface area contributed by atoms with Gasteiger partial charge < -0.3 is 36.2 Å². The fraction of sp³-hybridized carbons (Fsp3) is 0.400. The van der Waals surface area contributed by atoms with E-state index in [0.717, 1.165) is 18.2 Å². The molecule has 0 bridgehead atoms. The van der Waals surface area contributed by atoms with Gasteiger partial charge in [-0.25, -0.2) is 14.4 Å². The molecule has 1 unspecified atom stereocenters. The van der Waals surface area contributed by atoms with Crippen LogP contribution in [0, 0.1) is 5.41 Å². The number of nitrogens with one attached hydrogen (secondary N) is 3. The molecule has 8 N–H and O–H groups in total. The number of aliphatic hydroxyl groups is 1. The van der Waals surface area contributed by atoms with Crippen LogP contribution in [0.1, 0.15) is 19.3 Å². The predicted octanol–water partition coefficient (Wildman–Crippen LogP) is -1.71. The number of amides is 2. The van der Waals surface area contributed by atoms with Crippen LogP contribution in [-0.2, 0) is 28.8 Å². The Labute approximate surface area is 193 Å². The van der Waals surface area contributed by atoms with Gasteiger partial charge in [0.05, 0.1) is 0 Å². The van der Waals surface area contributed by atoms with Crippen LogP contribution in [0.25, 0.3) is 0 Å². The van der Waals surface area contributed by atoms with Gasteiger partial charge in [-0.1, -0.05) is 0 Å². The summed E-state index contributed by atoms with van der Waals surface area (Å²) in [5, 5.41) is 52.2. The minimum Gasteiger partial charge on any atom is -0.481 e. The standard InChI is InChI=1S/C20H27N3O11/c24-13(3-6-17(29)30)21-10-20(9-1-2-16(27)28,11-22-14(25)4-7-18(31)32)12-23-15(26)5-8-19(33)34/h3-8,13,21,24H,1-2,9-12H2,(H,22,25)(H,23,26)(H,27,28)(H,29,30)(H,31,32)(H,33,34)/b6-3-,7-4-,8-5-. The summed E-state index contributed by atoms with van der Waals surface area (Å²) >= 11 is 0. The van der Waals surface area contributed by atoms with Crippen molar-refractivity contribution in [2.45, 2.75) is 25.5 Å². The van der Waals surface area contributed by atoms with Crippen LogP contribution in [-0.4, -0.2) is 87.1 Å². The van der Waals surface area contributed by atoms with Crippen LogP contribution in [0.5, 0.6) is 0 Å². The maximum Gasteiger partial charge on any atom is 0.328 e. The summed E-state index contributed by atoms with van der Waals surface area (Å²) in [7, 11) is 0. The number of carbonyl (C=O) groups is 6. The lowest BCUT2D eigenvalue weighted by molar-refractivity contribution is -0.137. The van der Waals surface area contributed by atoms with Gasteiger partial charge in [0.15, 0.2) is 0 Å². The Kier molecular flexibility index (Phi) is 13.8. The van der Waals surface area contributed by atoms with E-state index in [0.29, 0.717) is 18.2 Å². The Bertz CT molecular complexity index is 809. The fourth-order valence-electron chi connectivity index (χ4n) is 2.59. The monoisotopic (exact) mass is 485 g/mol. The lowest BCUT2D eigenvalue weighted by Crippen LogP contribution is -2.52. The van der Waals surface area contributed by atoms with Crippen molar-refractivity contribution in [2.75, 3.05) is 19.6 Å². The topological polar surface area (TPSA) is 240 Å². The molecule has 0 heterocycles. The minimum absolute atomic E-state index is 0.0769. The molecular formula is C20H27N3O11. The second-order valence-corrected chi connectivity index (χ2v) is 7.05. The molecule has 0 saturated heterocycles. The zero-order valence-corrected chi connectivity index (χ0v) is 18.0. The van der Waals surface area contributed by atoms with E-state index in [1.807, 2.05) is 0 Å². The highest BCUT2D eigenvalue weighted by atomic mass is 16.4. The summed E-state index contributed by atoms with van der Waals surface area (Å²) < 4.78 is 0. The first-order chi connectivity index (χ1) is 15.8. The van der Waals surface area contributed by atoms with Gasteiger partial charge in [0.1, 0.15) is 6.23 Å². The third kappa shape index (κ3) is 15.7. The van der Waals surface area contributed by atoms with E-state index in [4.69, 9.17) is 20.4 Å². The molecule has 0 aromatic carbocycles. The smallest absolute Gasteiger partial charge is 0.328 e. The van der Waals surface area contributed by atoms with E-state index in [2.05, 4.69) is 16.0 Å². The van der Waals surface area contributed by atoms with Crippen LogP contribution in [0.15, 0.2) is 36.5 Å². The molecule has 0 fully saturated rings. The number of aliphatic carboxylic acids is 4. The third-order valence-electron chi connectivity index (χ3n) is 4.23. The number of hydrogen-bond donors (Lipinski definition) is 8. The Morgan fingerprint density at radius 3 is 1.59 bits per heavy atom. The number of carbonyl (C=O) groups excluding carboxylic acids is 2. The Morgan fingerprint density at radius 2 is 1.18 bits per heavy atom. The normalized spacial score (nSPS) is 12.6. The number of carboxylic acids is 4. The first kappa shape index (κ1) is 30.0. The highest BCUT2D eigenvalue weighted by Crippen LogP contribution is 2.23. The molecule has 1 atom stereocenters. The SMILES string of the molecule is O=C(O)/C=C\C(=O)NCC(CCCC(=O)O)(CNC(=O)/C=C\C(=O)O)CNC(O)/C=C\C(=O)O. The van der Waals surface area contributed by atoms with Crippen LogP contribution in [0.2, 0.25) is 0 Å². The molecule has 0 aliphatic heterocycles. The molecule has 0 aromatic rings. The van der Waals surface area contributed by atoms with Crippen molar-refractivity contribution < 1.29 is 54.3 Å². The molecule has 0 radical (unpaired) electrons. The van der Waals surface area contributed by atoms with Crippen molar-refractivity contribution >= 4 is 35.7 Å². The average Bonchev–Trinajstić information content (AvgIpc) is 2.75. The highest BCUT2D eigenvalue weighted by Gasteiger charge is 2.31. The summed E-state index contributed by atoms with van der Waals surface area (Å²) in [6, 6.07) is 0. The first-order valence-electron chi connectivity index (χ1n) is 9.77.